The van der Waals surface area contributed by atoms with E-state index in [0.717, 1.165) is 19.6 Å². The molecule has 3 rings (SSSR count). The number of benzene rings is 1. The zero-order chi connectivity index (χ0) is 16.9. The minimum absolute atomic E-state index is 0.0291. The molecule has 1 aromatic carbocycles. The van der Waals surface area contributed by atoms with Gasteiger partial charge >= 0.3 is 0 Å². The van der Waals surface area contributed by atoms with Crippen molar-refractivity contribution in [3.8, 4) is 11.5 Å². The largest absolute Gasteiger partial charge is 0.504 e. The maximum atomic E-state index is 12.2. The number of aromatic hydroxyl groups is 1. The molecule has 24 heavy (non-hydrogen) atoms. The summed E-state index contributed by atoms with van der Waals surface area (Å²) in [5.74, 6) is -0.502. The van der Waals surface area contributed by atoms with Gasteiger partial charge in [-0.05, 0) is 12.1 Å². The fourth-order valence-corrected chi connectivity index (χ4v) is 2.60. The smallest absolute Gasteiger partial charge is 0.298 e. The van der Waals surface area contributed by atoms with E-state index in [1.54, 1.807) is 0 Å². The number of furan rings is 1. The third-order valence-corrected chi connectivity index (χ3v) is 3.84. The number of phenols is 1. The van der Waals surface area contributed by atoms with Crippen molar-refractivity contribution in [2.45, 2.75) is 0 Å². The molecular weight excluding hydrogens is 316 g/mol. The van der Waals surface area contributed by atoms with E-state index < -0.39 is 0 Å². The average Bonchev–Trinajstić information content (AvgIpc) is 3.03. The zero-order valence-electron chi connectivity index (χ0n) is 13.0. The molecule has 1 aliphatic rings. The number of carbonyl (C=O) groups is 2. The van der Waals surface area contributed by atoms with Crippen LogP contribution in [0.5, 0.6) is 11.5 Å². The summed E-state index contributed by atoms with van der Waals surface area (Å²) in [5, 5.41) is 12.9. The van der Waals surface area contributed by atoms with Crippen molar-refractivity contribution in [3.63, 3.8) is 0 Å². The highest BCUT2D eigenvalue weighted by atomic mass is 16.5. The van der Waals surface area contributed by atoms with E-state index in [2.05, 4.69) is 10.2 Å². The molecule has 1 saturated heterocycles. The lowest BCUT2D eigenvalue weighted by atomic mass is 10.2. The van der Waals surface area contributed by atoms with Crippen LogP contribution in [0.25, 0.3) is 11.0 Å². The minimum atomic E-state index is -0.365. The summed E-state index contributed by atoms with van der Waals surface area (Å²) >= 11 is 0. The van der Waals surface area contributed by atoms with Gasteiger partial charge in [0, 0.05) is 32.2 Å². The maximum Gasteiger partial charge on any atom is 0.298 e. The first-order valence-electron chi connectivity index (χ1n) is 7.63. The molecule has 0 radical (unpaired) electrons. The van der Waals surface area contributed by atoms with Crippen molar-refractivity contribution >= 4 is 23.3 Å². The van der Waals surface area contributed by atoms with Gasteiger partial charge in [0.05, 0.1) is 18.6 Å². The quantitative estimate of drug-likeness (QED) is 0.751. The van der Waals surface area contributed by atoms with E-state index in [1.807, 2.05) is 0 Å². The van der Waals surface area contributed by atoms with E-state index in [4.69, 9.17) is 13.9 Å². The van der Waals surface area contributed by atoms with Gasteiger partial charge in [0.15, 0.2) is 17.3 Å². The molecule has 0 aliphatic carbocycles. The Hall–Kier alpha value is -2.58. The highest BCUT2D eigenvalue weighted by Gasteiger charge is 2.18. The van der Waals surface area contributed by atoms with E-state index in [-0.39, 0.29) is 29.6 Å². The van der Waals surface area contributed by atoms with Crippen LogP contribution in [0.2, 0.25) is 0 Å². The number of phenolic OH excluding ortho intramolecular Hbond substituents is 1. The SMILES string of the molecule is O=COc1c(O)ccc2oc(C(=O)NCCN3CCOCC3)cc12. The number of nitrogens with zero attached hydrogens (tertiary/aromatic N) is 1. The molecule has 2 heterocycles. The number of morpholine rings is 1. The lowest BCUT2D eigenvalue weighted by Crippen LogP contribution is -2.41. The van der Waals surface area contributed by atoms with E-state index in [0.29, 0.717) is 30.7 Å². The van der Waals surface area contributed by atoms with Crippen LogP contribution in [-0.4, -0.2) is 61.8 Å². The Morgan fingerprint density at radius 2 is 2.17 bits per heavy atom. The highest BCUT2D eigenvalue weighted by molar-refractivity contribution is 5.98. The van der Waals surface area contributed by atoms with Crippen LogP contribution in [0.15, 0.2) is 22.6 Å². The zero-order valence-corrected chi connectivity index (χ0v) is 13.0. The van der Waals surface area contributed by atoms with Crippen molar-refractivity contribution in [1.29, 1.82) is 0 Å². The number of carbonyl (C=O) groups excluding carboxylic acids is 2. The molecule has 1 amide bonds. The number of amides is 1. The number of nitrogens with one attached hydrogen (secondary N) is 1. The fourth-order valence-electron chi connectivity index (χ4n) is 2.60. The van der Waals surface area contributed by atoms with E-state index in [1.165, 1.54) is 18.2 Å². The molecule has 0 unspecified atom stereocenters. The Kier molecular flexibility index (Phi) is 4.97. The molecule has 1 aliphatic heterocycles. The summed E-state index contributed by atoms with van der Waals surface area (Å²) in [6, 6.07) is 4.29. The molecule has 0 atom stereocenters. The number of hydrogen-bond donors (Lipinski definition) is 2. The third kappa shape index (κ3) is 3.50. The van der Waals surface area contributed by atoms with E-state index in [9.17, 15) is 14.7 Å². The average molecular weight is 334 g/mol. The summed E-state index contributed by atoms with van der Waals surface area (Å²) in [5.41, 5.74) is 0.350. The van der Waals surface area contributed by atoms with E-state index >= 15 is 0 Å². The van der Waals surface area contributed by atoms with Crippen LogP contribution < -0.4 is 10.1 Å². The molecule has 0 bridgehead atoms. The predicted octanol–water partition coefficient (Wildman–Crippen LogP) is 0.736. The third-order valence-electron chi connectivity index (χ3n) is 3.84. The molecular formula is C16H18N2O6. The minimum Gasteiger partial charge on any atom is -0.504 e. The summed E-state index contributed by atoms with van der Waals surface area (Å²) in [6.07, 6.45) is 0. The lowest BCUT2D eigenvalue weighted by Gasteiger charge is -2.26. The fraction of sp³-hybridized carbons (Fsp3) is 0.375. The van der Waals surface area contributed by atoms with Crippen molar-refractivity contribution in [1.82, 2.24) is 10.2 Å². The van der Waals surface area contributed by atoms with Crippen LogP contribution in [0.4, 0.5) is 0 Å². The van der Waals surface area contributed by atoms with Gasteiger partial charge in [0.2, 0.25) is 0 Å². The number of rotatable bonds is 6. The first-order valence-corrected chi connectivity index (χ1v) is 7.63. The second kappa shape index (κ2) is 7.33. The van der Waals surface area contributed by atoms with Gasteiger partial charge in [-0.1, -0.05) is 0 Å². The van der Waals surface area contributed by atoms with Gasteiger partial charge in [0.25, 0.3) is 12.4 Å². The Balaban J connectivity index is 1.66. The number of ether oxygens (including phenoxy) is 2. The van der Waals surface area contributed by atoms with Crippen molar-refractivity contribution in [2.75, 3.05) is 39.4 Å². The first-order chi connectivity index (χ1) is 11.7. The Morgan fingerprint density at radius 1 is 1.38 bits per heavy atom. The lowest BCUT2D eigenvalue weighted by molar-refractivity contribution is -0.120. The van der Waals surface area contributed by atoms with Crippen molar-refractivity contribution < 1.29 is 28.6 Å². The molecule has 2 N–H and O–H groups in total. The standard InChI is InChI=1S/C16H18N2O6/c19-10-23-15-11-9-14(24-13(11)2-1-12(15)20)16(21)17-3-4-18-5-7-22-8-6-18/h1-2,9-10,20H,3-8H2,(H,17,21). The molecule has 1 fully saturated rings. The van der Waals surface area contributed by atoms with Gasteiger partial charge in [-0.3, -0.25) is 14.5 Å². The van der Waals surface area contributed by atoms with Gasteiger partial charge in [-0.25, -0.2) is 0 Å². The number of hydrogen-bond acceptors (Lipinski definition) is 7. The molecule has 8 nitrogen and oxygen atoms in total. The summed E-state index contributed by atoms with van der Waals surface area (Å²) in [6.45, 7) is 4.55. The van der Waals surface area contributed by atoms with Crippen LogP contribution in [0.3, 0.4) is 0 Å². The molecule has 8 heteroatoms. The topological polar surface area (TPSA) is 101 Å². The maximum absolute atomic E-state index is 12.2. The Morgan fingerprint density at radius 3 is 2.92 bits per heavy atom. The van der Waals surface area contributed by atoms with Crippen LogP contribution in [-0.2, 0) is 9.53 Å². The molecule has 0 spiro atoms. The van der Waals surface area contributed by atoms with Crippen LogP contribution in [0, 0.1) is 0 Å². The molecule has 2 aromatic rings. The van der Waals surface area contributed by atoms with Gasteiger partial charge in [0.1, 0.15) is 5.58 Å². The Bertz CT molecular complexity index is 735. The summed E-state index contributed by atoms with van der Waals surface area (Å²) in [4.78, 5) is 24.9. The van der Waals surface area contributed by atoms with Crippen molar-refractivity contribution in [3.05, 3.63) is 24.0 Å². The monoisotopic (exact) mass is 334 g/mol. The van der Waals surface area contributed by atoms with Gasteiger partial charge in [-0.15, -0.1) is 0 Å². The van der Waals surface area contributed by atoms with Crippen molar-refractivity contribution in [2.24, 2.45) is 0 Å². The molecule has 1 aromatic heterocycles. The second-order valence-electron chi connectivity index (χ2n) is 5.36. The van der Waals surface area contributed by atoms with Crippen LogP contribution in [0.1, 0.15) is 10.6 Å². The molecule has 0 saturated carbocycles. The first kappa shape index (κ1) is 16.3. The Labute approximate surface area is 137 Å². The molecule has 128 valence electrons. The number of fused-ring (bicyclic) bond motifs is 1. The summed E-state index contributed by atoms with van der Waals surface area (Å²) < 4.78 is 15.5. The van der Waals surface area contributed by atoms with Gasteiger partial charge in [-0.2, -0.15) is 0 Å². The van der Waals surface area contributed by atoms with Crippen LogP contribution >= 0.6 is 0 Å². The highest BCUT2D eigenvalue weighted by Crippen LogP contribution is 2.36. The second-order valence-corrected chi connectivity index (χ2v) is 5.36. The van der Waals surface area contributed by atoms with Gasteiger partial charge < -0.3 is 24.3 Å². The predicted molar refractivity (Wildman–Crippen MR) is 84.2 cm³/mol. The summed E-state index contributed by atoms with van der Waals surface area (Å²) in [7, 11) is 0. The normalized spacial score (nSPS) is 15.3.